The molecule has 0 amide bonds. The first kappa shape index (κ1) is 38.1. The Balaban J connectivity index is 5.81. The largest absolute Gasteiger partial charge is 0.475 e. The Morgan fingerprint density at radius 2 is 0.553 bits per heavy atom. The summed E-state index contributed by atoms with van der Waals surface area (Å²) in [5, 5.41) is 0. The second-order valence-electron chi connectivity index (χ2n) is 11.6. The molecule has 0 aliphatic rings. The van der Waals surface area contributed by atoms with E-state index in [2.05, 4.69) is 41.5 Å². The Kier molecular flexibility index (Phi) is 27.4. The quantitative estimate of drug-likeness (QED) is 0.0647. The van der Waals surface area contributed by atoms with Crippen LogP contribution in [0, 0.1) is 0 Å². The highest BCUT2D eigenvalue weighted by atomic mass is 31.2. The summed E-state index contributed by atoms with van der Waals surface area (Å²) in [6, 6.07) is 0. The molecule has 0 aliphatic carbocycles. The Labute approximate surface area is 239 Å². The molecule has 0 radical (unpaired) electrons. The van der Waals surface area contributed by atoms with Crippen LogP contribution in [0.1, 0.15) is 196 Å². The van der Waals surface area contributed by atoms with Gasteiger partial charge in [-0.2, -0.15) is 0 Å². The van der Waals surface area contributed by atoms with E-state index in [0.29, 0.717) is 0 Å². The van der Waals surface area contributed by atoms with E-state index in [1.165, 1.54) is 77.0 Å². The smallest absolute Gasteiger partial charge is 0.284 e. The average Bonchev–Trinajstić information content (AvgIpc) is 2.89. The van der Waals surface area contributed by atoms with Gasteiger partial charge in [0.05, 0.1) is 18.3 Å². The number of hydrogen-bond donors (Lipinski definition) is 0. The molecule has 0 heterocycles. The summed E-state index contributed by atoms with van der Waals surface area (Å²) in [6.07, 6.45) is 26.4. The summed E-state index contributed by atoms with van der Waals surface area (Å²) in [6.45, 7) is 13.4. The highest BCUT2D eigenvalue weighted by Crippen LogP contribution is 2.55. The minimum atomic E-state index is -3.68. The van der Waals surface area contributed by atoms with Gasteiger partial charge in [0.25, 0.3) is 0 Å². The van der Waals surface area contributed by atoms with E-state index in [1.807, 2.05) is 0 Å². The topological polar surface area (TPSA) is 44.8 Å². The lowest BCUT2D eigenvalue weighted by Gasteiger charge is -2.31. The zero-order chi connectivity index (χ0) is 28.3. The van der Waals surface area contributed by atoms with Crippen molar-refractivity contribution in [3.05, 3.63) is 0 Å². The summed E-state index contributed by atoms with van der Waals surface area (Å²) in [4.78, 5) is 0. The molecule has 0 aromatic rings. The molecule has 0 aromatic carbocycles. The second kappa shape index (κ2) is 27.3. The van der Waals surface area contributed by atoms with Gasteiger partial charge in [0.15, 0.2) is 0 Å². The van der Waals surface area contributed by atoms with E-state index in [1.54, 1.807) is 0 Å². The number of unbranched alkanes of at least 4 members (excludes halogenated alkanes) is 12. The van der Waals surface area contributed by atoms with E-state index >= 15 is 0 Å². The lowest BCUT2D eigenvalue weighted by Crippen LogP contribution is -2.22. The van der Waals surface area contributed by atoms with Crippen LogP contribution in [0.2, 0.25) is 0 Å². The third-order valence-electron chi connectivity index (χ3n) is 7.61. The van der Waals surface area contributed by atoms with Gasteiger partial charge in [0.1, 0.15) is 0 Å². The van der Waals surface area contributed by atoms with E-state index < -0.39 is 7.82 Å². The molecule has 0 N–H and O–H groups in total. The summed E-state index contributed by atoms with van der Waals surface area (Å²) in [7, 11) is -3.68. The van der Waals surface area contributed by atoms with Crippen LogP contribution in [0.25, 0.3) is 0 Å². The van der Waals surface area contributed by atoms with Crippen LogP contribution in [0.4, 0.5) is 0 Å². The molecular formula is C33H69O4P. The molecule has 0 saturated heterocycles. The van der Waals surface area contributed by atoms with Gasteiger partial charge in [0, 0.05) is 0 Å². The zero-order valence-electron chi connectivity index (χ0n) is 26.8. The fourth-order valence-corrected chi connectivity index (χ4v) is 6.98. The van der Waals surface area contributed by atoms with E-state index in [0.717, 1.165) is 77.0 Å². The van der Waals surface area contributed by atoms with Gasteiger partial charge in [-0.15, -0.1) is 0 Å². The number of phosphoric acid groups is 1. The minimum Gasteiger partial charge on any atom is -0.284 e. The van der Waals surface area contributed by atoms with Crippen molar-refractivity contribution >= 4 is 7.82 Å². The van der Waals surface area contributed by atoms with Crippen LogP contribution in [0.5, 0.6) is 0 Å². The monoisotopic (exact) mass is 560 g/mol. The maximum Gasteiger partial charge on any atom is 0.475 e. The Morgan fingerprint density at radius 1 is 0.368 bits per heavy atom. The molecule has 0 spiro atoms. The third-order valence-corrected chi connectivity index (χ3v) is 9.28. The summed E-state index contributed by atoms with van der Waals surface area (Å²) >= 11 is 0. The minimum absolute atomic E-state index is 0.0437. The van der Waals surface area contributed by atoms with Gasteiger partial charge >= 0.3 is 7.82 Å². The molecule has 38 heavy (non-hydrogen) atoms. The van der Waals surface area contributed by atoms with Crippen LogP contribution in [0.3, 0.4) is 0 Å². The SMILES string of the molecule is CCCCCC(CCCCC)OP(=O)(OC(CCCCC)CCCCC)OC(CCCCC)CCCCC. The molecule has 0 aromatic heterocycles. The summed E-state index contributed by atoms with van der Waals surface area (Å²) in [5.74, 6) is 0. The van der Waals surface area contributed by atoms with Crippen molar-refractivity contribution in [2.45, 2.75) is 214 Å². The molecular weight excluding hydrogens is 491 g/mol. The fraction of sp³-hybridized carbons (Fsp3) is 1.00. The summed E-state index contributed by atoms with van der Waals surface area (Å²) in [5.41, 5.74) is 0. The van der Waals surface area contributed by atoms with Crippen molar-refractivity contribution in [2.75, 3.05) is 0 Å². The first-order valence-electron chi connectivity index (χ1n) is 17.1. The Bertz CT molecular complexity index is 426. The number of rotatable bonds is 30. The lowest BCUT2D eigenvalue weighted by atomic mass is 10.0. The molecule has 0 aliphatic heterocycles. The molecule has 0 fully saturated rings. The standard InChI is InChI=1S/C33H69O4P/c1-7-13-19-25-31(26-20-14-8-2)35-38(34,36-32(27-21-15-9-3)28-22-16-10-4)37-33(29-23-17-11-5)30-24-18-12-6/h31-33H,7-30H2,1-6H3. The normalized spacial score (nSPS) is 12.4. The number of hydrogen-bond acceptors (Lipinski definition) is 4. The molecule has 0 atom stereocenters. The number of phosphoric ester groups is 1. The van der Waals surface area contributed by atoms with Gasteiger partial charge in [-0.1, -0.05) is 157 Å². The fourth-order valence-electron chi connectivity index (χ4n) is 5.10. The molecule has 0 unspecified atom stereocenters. The van der Waals surface area contributed by atoms with Gasteiger partial charge in [-0.25, -0.2) is 4.57 Å². The van der Waals surface area contributed by atoms with Crippen molar-refractivity contribution in [1.82, 2.24) is 0 Å². The van der Waals surface area contributed by atoms with Crippen molar-refractivity contribution in [2.24, 2.45) is 0 Å². The maximum atomic E-state index is 14.6. The third kappa shape index (κ3) is 21.9. The average molecular weight is 561 g/mol. The highest BCUT2D eigenvalue weighted by Gasteiger charge is 2.36. The Hall–Kier alpha value is 0.110. The van der Waals surface area contributed by atoms with Crippen LogP contribution in [0.15, 0.2) is 0 Å². The van der Waals surface area contributed by atoms with Crippen LogP contribution < -0.4 is 0 Å². The van der Waals surface area contributed by atoms with Gasteiger partial charge in [0.2, 0.25) is 0 Å². The van der Waals surface area contributed by atoms with Gasteiger partial charge < -0.3 is 0 Å². The van der Waals surface area contributed by atoms with Crippen LogP contribution in [-0.4, -0.2) is 18.3 Å². The molecule has 5 heteroatoms. The zero-order valence-corrected chi connectivity index (χ0v) is 27.7. The predicted molar refractivity (Wildman–Crippen MR) is 167 cm³/mol. The maximum absolute atomic E-state index is 14.6. The van der Waals surface area contributed by atoms with Crippen molar-refractivity contribution in [3.8, 4) is 0 Å². The first-order valence-corrected chi connectivity index (χ1v) is 18.6. The second-order valence-corrected chi connectivity index (χ2v) is 13.1. The highest BCUT2D eigenvalue weighted by molar-refractivity contribution is 7.48. The predicted octanol–water partition coefficient (Wildman–Crippen LogP) is 12.7. The molecule has 0 bridgehead atoms. The first-order chi connectivity index (χ1) is 18.5. The molecule has 0 rings (SSSR count). The molecule has 0 saturated carbocycles. The van der Waals surface area contributed by atoms with Gasteiger partial charge in [-0.3, -0.25) is 13.6 Å². The van der Waals surface area contributed by atoms with E-state index in [9.17, 15) is 4.57 Å². The van der Waals surface area contributed by atoms with E-state index in [4.69, 9.17) is 13.6 Å². The van der Waals surface area contributed by atoms with Crippen LogP contribution >= 0.6 is 7.82 Å². The summed E-state index contributed by atoms with van der Waals surface area (Å²) < 4.78 is 34.2. The lowest BCUT2D eigenvalue weighted by molar-refractivity contribution is 0.0157. The Morgan fingerprint density at radius 3 is 0.711 bits per heavy atom. The molecule has 230 valence electrons. The van der Waals surface area contributed by atoms with Crippen LogP contribution in [-0.2, 0) is 18.1 Å². The van der Waals surface area contributed by atoms with Crippen molar-refractivity contribution in [3.63, 3.8) is 0 Å². The van der Waals surface area contributed by atoms with Gasteiger partial charge in [-0.05, 0) is 38.5 Å². The van der Waals surface area contributed by atoms with Crippen molar-refractivity contribution in [1.29, 1.82) is 0 Å². The van der Waals surface area contributed by atoms with Crippen molar-refractivity contribution < 1.29 is 18.1 Å². The molecule has 4 nitrogen and oxygen atoms in total. The van der Waals surface area contributed by atoms with E-state index in [-0.39, 0.29) is 18.3 Å².